The Balaban J connectivity index is 2.01. The molecule has 0 bridgehead atoms. The van der Waals surface area contributed by atoms with Crippen LogP contribution in [0.4, 0.5) is 11.4 Å². The van der Waals surface area contributed by atoms with Gasteiger partial charge < -0.3 is 15.8 Å². The number of nitrogens with one attached hydrogen (secondary N) is 1. The average molecular weight is 277 g/mol. The first-order chi connectivity index (χ1) is 9.58. The first-order valence-corrected chi connectivity index (χ1v) is 7.06. The third-order valence-electron chi connectivity index (χ3n) is 3.70. The van der Waals surface area contributed by atoms with Crippen molar-refractivity contribution in [1.82, 2.24) is 4.90 Å². The van der Waals surface area contributed by atoms with E-state index >= 15 is 0 Å². The molecule has 1 aliphatic rings. The van der Waals surface area contributed by atoms with Gasteiger partial charge in [0, 0.05) is 31.1 Å². The van der Waals surface area contributed by atoms with Crippen LogP contribution in [0.25, 0.3) is 0 Å². The van der Waals surface area contributed by atoms with Crippen molar-refractivity contribution in [2.75, 3.05) is 37.4 Å². The van der Waals surface area contributed by atoms with Gasteiger partial charge in [-0.25, -0.2) is 0 Å². The molecule has 3 N–H and O–H groups in total. The number of aryl methyl sites for hydroxylation is 1. The molecule has 5 heteroatoms. The van der Waals surface area contributed by atoms with Crippen molar-refractivity contribution in [3.05, 3.63) is 23.8 Å². The zero-order valence-electron chi connectivity index (χ0n) is 12.2. The lowest BCUT2D eigenvalue weighted by molar-refractivity contribution is -0.120. The van der Waals surface area contributed by atoms with E-state index in [0.717, 1.165) is 37.4 Å². The standard InChI is InChI=1S/C15H23N3O2/c1-11-4-5-13(16)10-14(11)17-15(19)12(2)18-6-3-8-20-9-7-18/h4-5,10,12H,3,6-9,16H2,1-2H3,(H,17,19). The van der Waals surface area contributed by atoms with Crippen molar-refractivity contribution in [3.8, 4) is 0 Å². The molecule has 110 valence electrons. The molecule has 1 aromatic carbocycles. The van der Waals surface area contributed by atoms with Gasteiger partial charge in [0.1, 0.15) is 0 Å². The van der Waals surface area contributed by atoms with Gasteiger partial charge in [-0.05, 0) is 38.0 Å². The molecule has 0 spiro atoms. The average Bonchev–Trinajstić information content (AvgIpc) is 2.71. The molecule has 20 heavy (non-hydrogen) atoms. The summed E-state index contributed by atoms with van der Waals surface area (Å²) >= 11 is 0. The molecule has 5 nitrogen and oxygen atoms in total. The quantitative estimate of drug-likeness (QED) is 0.824. The van der Waals surface area contributed by atoms with Gasteiger partial charge in [-0.1, -0.05) is 6.07 Å². The number of carbonyl (C=O) groups excluding carboxylic acids is 1. The number of ether oxygens (including phenoxy) is 1. The monoisotopic (exact) mass is 277 g/mol. The highest BCUT2D eigenvalue weighted by molar-refractivity contribution is 5.95. The second-order valence-corrected chi connectivity index (χ2v) is 5.24. The Morgan fingerprint density at radius 2 is 2.20 bits per heavy atom. The molecule has 2 rings (SSSR count). The van der Waals surface area contributed by atoms with E-state index in [1.54, 1.807) is 6.07 Å². The summed E-state index contributed by atoms with van der Waals surface area (Å²) in [5, 5.41) is 2.97. The van der Waals surface area contributed by atoms with Gasteiger partial charge in [0.05, 0.1) is 12.6 Å². The van der Waals surface area contributed by atoms with E-state index in [4.69, 9.17) is 10.5 Å². The maximum Gasteiger partial charge on any atom is 0.241 e. The molecule has 1 heterocycles. The first kappa shape index (κ1) is 14.8. The summed E-state index contributed by atoms with van der Waals surface area (Å²) in [6.45, 7) is 7.05. The number of benzene rings is 1. The van der Waals surface area contributed by atoms with Crippen LogP contribution >= 0.6 is 0 Å². The highest BCUT2D eigenvalue weighted by Crippen LogP contribution is 2.19. The Kier molecular flexibility index (Phi) is 4.98. The van der Waals surface area contributed by atoms with Gasteiger partial charge in [0.2, 0.25) is 5.91 Å². The zero-order chi connectivity index (χ0) is 14.5. The number of carbonyl (C=O) groups is 1. The number of anilines is 2. The summed E-state index contributed by atoms with van der Waals surface area (Å²) in [6, 6.07) is 5.37. The maximum atomic E-state index is 12.4. The van der Waals surface area contributed by atoms with E-state index in [1.165, 1.54) is 0 Å². The minimum atomic E-state index is -0.169. The van der Waals surface area contributed by atoms with E-state index in [9.17, 15) is 4.79 Å². The molecule has 1 amide bonds. The molecule has 0 aromatic heterocycles. The van der Waals surface area contributed by atoms with Crippen LogP contribution in [0.1, 0.15) is 18.9 Å². The van der Waals surface area contributed by atoms with Crippen molar-refractivity contribution in [2.24, 2.45) is 0 Å². The highest BCUT2D eigenvalue weighted by Gasteiger charge is 2.22. The fraction of sp³-hybridized carbons (Fsp3) is 0.533. The molecule has 0 aliphatic carbocycles. The third-order valence-corrected chi connectivity index (χ3v) is 3.70. The number of hydrogen-bond donors (Lipinski definition) is 2. The number of hydrogen-bond acceptors (Lipinski definition) is 4. The Hall–Kier alpha value is -1.59. The SMILES string of the molecule is Cc1ccc(N)cc1NC(=O)C(C)N1CCCOCC1. The highest BCUT2D eigenvalue weighted by atomic mass is 16.5. The minimum Gasteiger partial charge on any atom is -0.399 e. The lowest BCUT2D eigenvalue weighted by Gasteiger charge is -2.26. The first-order valence-electron chi connectivity index (χ1n) is 7.06. The topological polar surface area (TPSA) is 67.6 Å². The van der Waals surface area contributed by atoms with Gasteiger partial charge in [-0.2, -0.15) is 0 Å². The normalized spacial score (nSPS) is 18.3. The van der Waals surface area contributed by atoms with Crippen LogP contribution in [0.15, 0.2) is 18.2 Å². The smallest absolute Gasteiger partial charge is 0.241 e. The van der Waals surface area contributed by atoms with E-state index in [1.807, 2.05) is 26.0 Å². The summed E-state index contributed by atoms with van der Waals surface area (Å²) < 4.78 is 5.42. The fourth-order valence-electron chi connectivity index (χ4n) is 2.33. The lowest BCUT2D eigenvalue weighted by atomic mass is 10.1. The van der Waals surface area contributed by atoms with E-state index in [0.29, 0.717) is 12.3 Å². The van der Waals surface area contributed by atoms with Crippen molar-refractivity contribution >= 4 is 17.3 Å². The zero-order valence-corrected chi connectivity index (χ0v) is 12.2. The summed E-state index contributed by atoms with van der Waals surface area (Å²) in [5.41, 5.74) is 8.22. The minimum absolute atomic E-state index is 0.000556. The molecule has 1 saturated heterocycles. The fourth-order valence-corrected chi connectivity index (χ4v) is 2.33. The Morgan fingerprint density at radius 1 is 1.40 bits per heavy atom. The van der Waals surface area contributed by atoms with Crippen LogP contribution in [-0.2, 0) is 9.53 Å². The molecule has 1 atom stereocenters. The van der Waals surface area contributed by atoms with Gasteiger partial charge in [-0.15, -0.1) is 0 Å². The number of amides is 1. The van der Waals surface area contributed by atoms with Crippen LogP contribution < -0.4 is 11.1 Å². The van der Waals surface area contributed by atoms with Gasteiger partial charge >= 0.3 is 0 Å². The van der Waals surface area contributed by atoms with Crippen LogP contribution in [0.5, 0.6) is 0 Å². The van der Waals surface area contributed by atoms with Gasteiger partial charge in [-0.3, -0.25) is 9.69 Å². The Labute approximate surface area is 120 Å². The summed E-state index contributed by atoms with van der Waals surface area (Å²) in [7, 11) is 0. The molecular weight excluding hydrogens is 254 g/mol. The molecule has 1 fully saturated rings. The number of rotatable bonds is 3. The largest absolute Gasteiger partial charge is 0.399 e. The van der Waals surface area contributed by atoms with E-state index in [2.05, 4.69) is 10.2 Å². The predicted octanol–water partition coefficient (Wildman–Crippen LogP) is 1.63. The van der Waals surface area contributed by atoms with Crippen LogP contribution in [0.2, 0.25) is 0 Å². The van der Waals surface area contributed by atoms with Crippen LogP contribution in [-0.4, -0.2) is 43.2 Å². The molecular formula is C15H23N3O2. The summed E-state index contributed by atoms with van der Waals surface area (Å²) in [4.78, 5) is 14.5. The Bertz CT molecular complexity index is 468. The number of nitrogens with zero attached hydrogens (tertiary/aromatic N) is 1. The second-order valence-electron chi connectivity index (χ2n) is 5.24. The van der Waals surface area contributed by atoms with Crippen molar-refractivity contribution in [1.29, 1.82) is 0 Å². The molecule has 0 radical (unpaired) electrons. The van der Waals surface area contributed by atoms with Crippen LogP contribution in [0.3, 0.4) is 0 Å². The number of nitrogen functional groups attached to an aromatic ring is 1. The molecule has 1 aromatic rings. The molecule has 1 aliphatic heterocycles. The summed E-state index contributed by atoms with van der Waals surface area (Å²) in [6.07, 6.45) is 0.967. The molecule has 0 saturated carbocycles. The van der Waals surface area contributed by atoms with Crippen molar-refractivity contribution < 1.29 is 9.53 Å². The maximum absolute atomic E-state index is 12.4. The number of nitrogens with two attached hydrogens (primary N) is 1. The second kappa shape index (κ2) is 6.72. The van der Waals surface area contributed by atoms with Crippen LogP contribution in [0, 0.1) is 6.92 Å². The molecule has 1 unspecified atom stereocenters. The van der Waals surface area contributed by atoms with Gasteiger partial charge in [0.25, 0.3) is 0 Å². The third kappa shape index (κ3) is 3.71. The Morgan fingerprint density at radius 3 is 3.00 bits per heavy atom. The van der Waals surface area contributed by atoms with E-state index < -0.39 is 0 Å². The predicted molar refractivity (Wildman–Crippen MR) is 80.7 cm³/mol. The summed E-state index contributed by atoms with van der Waals surface area (Å²) in [5.74, 6) is 0.000556. The lowest BCUT2D eigenvalue weighted by Crippen LogP contribution is -2.43. The van der Waals surface area contributed by atoms with Crippen molar-refractivity contribution in [2.45, 2.75) is 26.3 Å². The van der Waals surface area contributed by atoms with Gasteiger partial charge in [0.15, 0.2) is 0 Å². The van der Waals surface area contributed by atoms with Crippen molar-refractivity contribution in [3.63, 3.8) is 0 Å². The van der Waals surface area contributed by atoms with E-state index in [-0.39, 0.29) is 11.9 Å².